The number of ketones is 1. The topological polar surface area (TPSA) is 71.3 Å². The number of methoxy groups -OCH3 is 1. The van der Waals surface area contributed by atoms with Crippen LogP contribution in [0.3, 0.4) is 0 Å². The summed E-state index contributed by atoms with van der Waals surface area (Å²) in [7, 11) is 1.71. The van der Waals surface area contributed by atoms with Gasteiger partial charge in [-0.05, 0) is 30.5 Å². The minimum absolute atomic E-state index is 0.142. The summed E-state index contributed by atoms with van der Waals surface area (Å²) in [5, 5.41) is 1.46. The van der Waals surface area contributed by atoms with E-state index in [1.54, 1.807) is 7.11 Å². The molecule has 2 atom stereocenters. The summed E-state index contributed by atoms with van der Waals surface area (Å²) in [6, 6.07) is 16.4. The van der Waals surface area contributed by atoms with Crippen LogP contribution in [0.1, 0.15) is 108 Å². The Morgan fingerprint density at radius 2 is 1.42 bits per heavy atom. The van der Waals surface area contributed by atoms with Gasteiger partial charge in [0.05, 0.1) is 24.5 Å². The Labute approximate surface area is 269 Å². The minimum atomic E-state index is -0.398. The van der Waals surface area contributed by atoms with E-state index in [2.05, 4.69) is 50.9 Å². The number of para-hydroxylation sites is 2. The van der Waals surface area contributed by atoms with Crippen LogP contribution in [-0.4, -0.2) is 40.8 Å². The number of halogens is 1. The Hall–Kier alpha value is -2.15. The van der Waals surface area contributed by atoms with E-state index in [1.165, 1.54) is 83.5 Å². The lowest BCUT2D eigenvalue weighted by Crippen LogP contribution is -2.50. The highest BCUT2D eigenvalue weighted by atomic mass is 79.9. The number of fused-ring (bicyclic) bond motifs is 1. The van der Waals surface area contributed by atoms with Crippen LogP contribution in [-0.2, 0) is 17.8 Å². The van der Waals surface area contributed by atoms with Gasteiger partial charge in [-0.25, -0.2) is 0 Å². The molecule has 2 unspecified atom stereocenters. The van der Waals surface area contributed by atoms with Gasteiger partial charge in [-0.3, -0.25) is 9.69 Å². The lowest BCUT2D eigenvalue weighted by molar-refractivity contribution is -0.122. The fourth-order valence-corrected chi connectivity index (χ4v) is 6.63. The van der Waals surface area contributed by atoms with Gasteiger partial charge in [0.1, 0.15) is 11.5 Å². The lowest BCUT2D eigenvalue weighted by atomic mass is 9.91. The second-order valence-corrected chi connectivity index (χ2v) is 12.7. The number of nitrogens with two attached hydrogens (primary N) is 1. The van der Waals surface area contributed by atoms with Crippen LogP contribution < -0.4 is 10.5 Å². The molecule has 0 aliphatic rings. The normalized spacial score (nSPS) is 13.0. The third-order valence-electron chi connectivity index (χ3n) is 8.86. The second-order valence-electron chi connectivity index (χ2n) is 12.1. The van der Waals surface area contributed by atoms with Crippen LogP contribution in [0.15, 0.2) is 54.7 Å². The van der Waals surface area contributed by atoms with E-state index in [0.717, 1.165) is 40.7 Å². The number of nitrogens with one attached hydrogen (secondary N) is 1. The summed E-state index contributed by atoms with van der Waals surface area (Å²) in [6.07, 6.45) is 20.9. The molecule has 3 N–H and O–H groups in total. The van der Waals surface area contributed by atoms with E-state index in [9.17, 15) is 4.79 Å². The average Bonchev–Trinajstić information content (AvgIpc) is 3.45. The Morgan fingerprint density at radius 3 is 2.05 bits per heavy atom. The number of benzene rings is 2. The van der Waals surface area contributed by atoms with Crippen molar-refractivity contribution in [3.63, 3.8) is 0 Å². The van der Waals surface area contributed by atoms with Crippen LogP contribution >= 0.6 is 15.9 Å². The zero-order valence-corrected chi connectivity index (χ0v) is 28.4. The molecule has 0 saturated heterocycles. The maximum atomic E-state index is 13.3. The number of carbonyl (C=O) groups excluding carboxylic acids is 1. The summed E-state index contributed by atoms with van der Waals surface area (Å²) in [5.41, 5.74) is 10.4. The highest BCUT2D eigenvalue weighted by Gasteiger charge is 2.30. The number of hydrogen-bond acceptors (Lipinski definition) is 4. The molecule has 5 nitrogen and oxygen atoms in total. The molecule has 43 heavy (non-hydrogen) atoms. The predicted octanol–water partition coefficient (Wildman–Crippen LogP) is 9.57. The summed E-state index contributed by atoms with van der Waals surface area (Å²) in [4.78, 5) is 19.0. The Kier molecular flexibility index (Phi) is 17.0. The van der Waals surface area contributed by atoms with Gasteiger partial charge < -0.3 is 15.5 Å². The molecule has 0 radical (unpaired) electrons. The number of nitrogens with zero attached hydrogens (tertiary/aromatic N) is 1. The van der Waals surface area contributed by atoms with E-state index >= 15 is 0 Å². The van der Waals surface area contributed by atoms with E-state index in [4.69, 9.17) is 10.5 Å². The molecule has 0 bridgehead atoms. The third kappa shape index (κ3) is 12.0. The van der Waals surface area contributed by atoms with Crippen molar-refractivity contribution in [2.45, 2.75) is 116 Å². The first-order valence-electron chi connectivity index (χ1n) is 16.8. The van der Waals surface area contributed by atoms with Crippen molar-refractivity contribution in [1.29, 1.82) is 0 Å². The molecular formula is C37H56BrN3O2. The van der Waals surface area contributed by atoms with Crippen molar-refractivity contribution in [2.24, 2.45) is 11.7 Å². The van der Waals surface area contributed by atoms with E-state index < -0.39 is 6.17 Å². The molecule has 3 aromatic rings. The molecule has 1 heterocycles. The van der Waals surface area contributed by atoms with E-state index in [-0.39, 0.29) is 11.7 Å². The molecule has 0 aliphatic heterocycles. The molecule has 0 saturated carbocycles. The first-order valence-corrected chi connectivity index (χ1v) is 18.0. The van der Waals surface area contributed by atoms with Gasteiger partial charge in [-0.2, -0.15) is 0 Å². The van der Waals surface area contributed by atoms with Crippen LogP contribution in [0.25, 0.3) is 10.9 Å². The molecule has 0 fully saturated rings. The number of aromatic nitrogens is 1. The third-order valence-corrected chi connectivity index (χ3v) is 9.41. The Balaban J connectivity index is 1.54. The summed E-state index contributed by atoms with van der Waals surface area (Å²) in [5.74, 6) is 0.685. The fraction of sp³-hybridized carbons (Fsp3) is 0.595. The monoisotopic (exact) mass is 653 g/mol. The molecule has 6 heteroatoms. The maximum Gasteiger partial charge on any atom is 0.149 e. The number of hydrogen-bond donors (Lipinski definition) is 2. The Morgan fingerprint density at radius 1 is 0.837 bits per heavy atom. The average molecular weight is 655 g/mol. The second kappa shape index (κ2) is 20.7. The van der Waals surface area contributed by atoms with Crippen LogP contribution in [0.5, 0.6) is 5.75 Å². The highest BCUT2D eigenvalue weighted by Crippen LogP contribution is 2.26. The van der Waals surface area contributed by atoms with Crippen molar-refractivity contribution in [3.05, 3.63) is 65.9 Å². The van der Waals surface area contributed by atoms with Crippen molar-refractivity contribution < 1.29 is 9.53 Å². The molecular weight excluding hydrogens is 598 g/mol. The molecule has 0 aliphatic carbocycles. The van der Waals surface area contributed by atoms with Gasteiger partial charge in [0.15, 0.2) is 0 Å². The van der Waals surface area contributed by atoms with Crippen LogP contribution in [0, 0.1) is 5.92 Å². The van der Waals surface area contributed by atoms with Gasteiger partial charge in [0, 0.05) is 35.8 Å². The molecule has 0 spiro atoms. The van der Waals surface area contributed by atoms with Gasteiger partial charge in [-0.15, -0.1) is 0 Å². The zero-order valence-electron chi connectivity index (χ0n) is 26.8. The lowest BCUT2D eigenvalue weighted by Gasteiger charge is -2.34. The number of alkyl halides is 1. The minimum Gasteiger partial charge on any atom is -0.496 e. The number of H-pyrrole nitrogens is 1. The molecule has 238 valence electrons. The Bertz CT molecular complexity index is 1180. The first kappa shape index (κ1) is 35.3. The largest absolute Gasteiger partial charge is 0.496 e. The predicted molar refractivity (Wildman–Crippen MR) is 186 cm³/mol. The number of rotatable bonds is 24. The summed E-state index contributed by atoms with van der Waals surface area (Å²) in [6.45, 7) is 3.80. The number of unbranched alkanes of at least 4 members (excludes halogenated alkanes) is 13. The smallest absolute Gasteiger partial charge is 0.149 e. The summed E-state index contributed by atoms with van der Waals surface area (Å²) >= 11 is 3.44. The molecule has 2 aromatic carbocycles. The number of Topliss-reactive ketones (excluding diaryl/α,β-unsaturated/α-hetero) is 1. The van der Waals surface area contributed by atoms with E-state index in [1.807, 2.05) is 36.5 Å². The highest BCUT2D eigenvalue weighted by molar-refractivity contribution is 9.09. The van der Waals surface area contributed by atoms with Crippen LogP contribution in [0.2, 0.25) is 0 Å². The maximum absolute atomic E-state index is 13.3. The summed E-state index contributed by atoms with van der Waals surface area (Å²) < 4.78 is 5.67. The van der Waals surface area contributed by atoms with Gasteiger partial charge in [0.25, 0.3) is 0 Å². The number of carbonyl (C=O) groups is 1. The first-order chi connectivity index (χ1) is 21.1. The van der Waals surface area contributed by atoms with Crippen LogP contribution in [0.4, 0.5) is 0 Å². The quantitative estimate of drug-likeness (QED) is 0.0574. The van der Waals surface area contributed by atoms with Crippen molar-refractivity contribution in [1.82, 2.24) is 9.88 Å². The fourth-order valence-electron chi connectivity index (χ4n) is 6.21. The van der Waals surface area contributed by atoms with Crippen molar-refractivity contribution in [3.8, 4) is 5.75 Å². The van der Waals surface area contributed by atoms with E-state index in [0.29, 0.717) is 18.3 Å². The molecule has 3 rings (SSSR count). The standard InChI is InChI=1S/C37H56BrN3O2/c1-3-4-5-6-7-8-9-10-11-12-13-14-15-20-25-41(29-30-21-16-19-24-36(30)43-2)37(39)33(35(42)27-38)26-31-28-40-34-23-18-17-22-32(31)34/h16-19,21-24,28,33,37,40H,3-15,20,25-27,29,39H2,1-2H3. The van der Waals surface area contributed by atoms with Gasteiger partial charge in [0.2, 0.25) is 0 Å². The van der Waals surface area contributed by atoms with Crippen molar-refractivity contribution in [2.75, 3.05) is 19.0 Å². The molecule has 1 aromatic heterocycles. The van der Waals surface area contributed by atoms with Gasteiger partial charge in [-0.1, -0.05) is 143 Å². The SMILES string of the molecule is CCCCCCCCCCCCCCCCN(Cc1ccccc1OC)C(N)C(Cc1c[nH]c2ccccc12)C(=O)CBr. The molecule has 0 amide bonds. The number of ether oxygens (including phenoxy) is 1. The van der Waals surface area contributed by atoms with Gasteiger partial charge >= 0.3 is 0 Å². The van der Waals surface area contributed by atoms with Crippen molar-refractivity contribution >= 4 is 32.6 Å². The number of aromatic amines is 1. The zero-order chi connectivity index (χ0) is 30.7.